The number of rotatable bonds is 2. The van der Waals surface area contributed by atoms with Crippen LogP contribution in [0.25, 0.3) is 0 Å². The van der Waals surface area contributed by atoms with Crippen LogP contribution < -0.4 is 10.6 Å². The number of imidazole rings is 1. The van der Waals surface area contributed by atoms with Crippen LogP contribution in [-0.4, -0.2) is 16.5 Å². The summed E-state index contributed by atoms with van der Waals surface area (Å²) in [4.78, 5) is 9.51. The second-order valence-corrected chi connectivity index (χ2v) is 4.14. The Morgan fingerprint density at radius 1 is 1.44 bits per heavy atom. The average Bonchev–Trinajstić information content (AvgIpc) is 2.89. The number of nitrogens with two attached hydrogens (primary N) is 1. The summed E-state index contributed by atoms with van der Waals surface area (Å²) >= 11 is 0. The van der Waals surface area contributed by atoms with Crippen LogP contribution >= 0.6 is 0 Å². The molecule has 2 heterocycles. The molecule has 0 aliphatic carbocycles. The summed E-state index contributed by atoms with van der Waals surface area (Å²) in [5.74, 6) is 0. The Labute approximate surface area is 94.1 Å². The van der Waals surface area contributed by atoms with Crippen LogP contribution in [0.1, 0.15) is 11.3 Å². The van der Waals surface area contributed by atoms with Gasteiger partial charge in [-0.15, -0.1) is 0 Å². The van der Waals surface area contributed by atoms with Gasteiger partial charge in [-0.05, 0) is 30.2 Å². The lowest BCUT2D eigenvalue weighted by molar-refractivity contribution is 0.819. The van der Waals surface area contributed by atoms with Gasteiger partial charge in [-0.1, -0.05) is 0 Å². The van der Waals surface area contributed by atoms with Gasteiger partial charge in [0, 0.05) is 24.1 Å². The minimum atomic E-state index is 0.849. The van der Waals surface area contributed by atoms with E-state index >= 15 is 0 Å². The topological polar surface area (TPSA) is 57.9 Å². The maximum atomic E-state index is 5.78. The maximum absolute atomic E-state index is 5.78. The highest BCUT2D eigenvalue weighted by Gasteiger charge is 2.19. The van der Waals surface area contributed by atoms with Crippen molar-refractivity contribution in [2.45, 2.75) is 13.0 Å². The molecule has 0 atom stereocenters. The third-order valence-electron chi connectivity index (χ3n) is 3.01. The van der Waals surface area contributed by atoms with Crippen LogP contribution in [0.2, 0.25) is 0 Å². The molecule has 1 aromatic heterocycles. The molecule has 3 rings (SSSR count). The molecule has 0 saturated heterocycles. The number of fused-ring (bicyclic) bond motifs is 1. The minimum Gasteiger partial charge on any atom is -0.399 e. The number of nitrogens with one attached hydrogen (secondary N) is 1. The third-order valence-corrected chi connectivity index (χ3v) is 3.01. The molecule has 4 heteroatoms. The molecular formula is C12H14N4. The normalized spacial score (nSPS) is 14.1. The molecule has 0 fully saturated rings. The standard InChI is InChI=1S/C12H14N4/c13-10-1-2-12-9(5-10)3-4-16(12)7-11-6-14-8-15-11/h1-2,5-6,8H,3-4,7,13H2,(H,14,15). The molecule has 82 valence electrons. The molecule has 0 spiro atoms. The lowest BCUT2D eigenvalue weighted by Gasteiger charge is -2.18. The molecule has 1 aliphatic rings. The van der Waals surface area contributed by atoms with Crippen molar-refractivity contribution >= 4 is 11.4 Å². The fourth-order valence-corrected chi connectivity index (χ4v) is 2.23. The van der Waals surface area contributed by atoms with E-state index in [1.54, 1.807) is 6.33 Å². The number of hydrogen-bond donors (Lipinski definition) is 2. The molecule has 1 aliphatic heterocycles. The average molecular weight is 214 g/mol. The van der Waals surface area contributed by atoms with Gasteiger partial charge >= 0.3 is 0 Å². The second-order valence-electron chi connectivity index (χ2n) is 4.14. The maximum Gasteiger partial charge on any atom is 0.0922 e. The fourth-order valence-electron chi connectivity index (χ4n) is 2.23. The lowest BCUT2D eigenvalue weighted by atomic mass is 10.1. The predicted octanol–water partition coefficient (Wildman–Crippen LogP) is 1.55. The molecular weight excluding hydrogens is 200 g/mol. The quantitative estimate of drug-likeness (QED) is 0.746. The Bertz CT molecular complexity index is 490. The van der Waals surface area contributed by atoms with E-state index in [1.165, 1.54) is 11.3 Å². The molecule has 3 N–H and O–H groups in total. The smallest absolute Gasteiger partial charge is 0.0922 e. The summed E-state index contributed by atoms with van der Waals surface area (Å²) in [6.45, 7) is 1.94. The monoisotopic (exact) mass is 214 g/mol. The Morgan fingerprint density at radius 3 is 3.19 bits per heavy atom. The first-order valence-electron chi connectivity index (χ1n) is 5.43. The summed E-state index contributed by atoms with van der Waals surface area (Å²) in [7, 11) is 0. The first-order chi connectivity index (χ1) is 7.83. The first kappa shape index (κ1) is 9.27. The molecule has 4 nitrogen and oxygen atoms in total. The van der Waals surface area contributed by atoms with E-state index in [9.17, 15) is 0 Å². The number of benzene rings is 1. The van der Waals surface area contributed by atoms with Gasteiger partial charge in [0.25, 0.3) is 0 Å². The van der Waals surface area contributed by atoms with Gasteiger partial charge in [-0.3, -0.25) is 0 Å². The number of aromatic amines is 1. The van der Waals surface area contributed by atoms with Gasteiger partial charge in [0.05, 0.1) is 18.6 Å². The lowest BCUT2D eigenvalue weighted by Crippen LogP contribution is -2.19. The van der Waals surface area contributed by atoms with E-state index in [0.29, 0.717) is 0 Å². The van der Waals surface area contributed by atoms with Crippen LogP contribution in [0, 0.1) is 0 Å². The number of nitrogens with zero attached hydrogens (tertiary/aromatic N) is 2. The third kappa shape index (κ3) is 1.52. The highest BCUT2D eigenvalue weighted by molar-refractivity contribution is 5.62. The van der Waals surface area contributed by atoms with Crippen molar-refractivity contribution in [3.05, 3.63) is 42.0 Å². The predicted molar refractivity (Wildman–Crippen MR) is 64.2 cm³/mol. The highest BCUT2D eigenvalue weighted by atomic mass is 15.2. The Kier molecular flexibility index (Phi) is 2.06. The van der Waals surface area contributed by atoms with Crippen LogP contribution in [-0.2, 0) is 13.0 Å². The zero-order valence-corrected chi connectivity index (χ0v) is 8.98. The molecule has 0 saturated carbocycles. The molecule has 1 aromatic carbocycles. The molecule has 2 aromatic rings. The van der Waals surface area contributed by atoms with Crippen molar-refractivity contribution in [2.24, 2.45) is 0 Å². The number of anilines is 2. The van der Waals surface area contributed by atoms with Gasteiger partial charge in [-0.25, -0.2) is 4.98 Å². The van der Waals surface area contributed by atoms with E-state index in [4.69, 9.17) is 5.73 Å². The van der Waals surface area contributed by atoms with Gasteiger partial charge in [0.15, 0.2) is 0 Å². The van der Waals surface area contributed by atoms with Crippen LogP contribution in [0.5, 0.6) is 0 Å². The second kappa shape index (κ2) is 3.56. The van der Waals surface area contributed by atoms with Crippen molar-refractivity contribution in [3.63, 3.8) is 0 Å². The molecule has 0 amide bonds. The van der Waals surface area contributed by atoms with E-state index in [-0.39, 0.29) is 0 Å². The summed E-state index contributed by atoms with van der Waals surface area (Å²) in [6, 6.07) is 6.14. The van der Waals surface area contributed by atoms with Gasteiger partial charge in [-0.2, -0.15) is 0 Å². The van der Waals surface area contributed by atoms with E-state index in [0.717, 1.165) is 30.9 Å². The first-order valence-corrected chi connectivity index (χ1v) is 5.43. The number of H-pyrrole nitrogens is 1. The minimum absolute atomic E-state index is 0.849. The van der Waals surface area contributed by atoms with Crippen LogP contribution in [0.15, 0.2) is 30.7 Å². The van der Waals surface area contributed by atoms with E-state index in [2.05, 4.69) is 27.0 Å². The largest absolute Gasteiger partial charge is 0.399 e. The van der Waals surface area contributed by atoms with Crippen LogP contribution in [0.4, 0.5) is 11.4 Å². The SMILES string of the molecule is Nc1ccc2c(c1)CCN2Cc1cnc[nH]1. The van der Waals surface area contributed by atoms with E-state index < -0.39 is 0 Å². The summed E-state index contributed by atoms with van der Waals surface area (Å²) < 4.78 is 0. The summed E-state index contributed by atoms with van der Waals surface area (Å²) in [5, 5.41) is 0. The fraction of sp³-hybridized carbons (Fsp3) is 0.250. The van der Waals surface area contributed by atoms with Gasteiger partial charge in [0.1, 0.15) is 0 Å². The Morgan fingerprint density at radius 2 is 2.38 bits per heavy atom. The summed E-state index contributed by atoms with van der Waals surface area (Å²) in [6.07, 6.45) is 4.67. The molecule has 0 unspecified atom stereocenters. The van der Waals surface area contributed by atoms with Crippen LogP contribution in [0.3, 0.4) is 0 Å². The van der Waals surface area contributed by atoms with Crippen molar-refractivity contribution < 1.29 is 0 Å². The number of nitrogen functional groups attached to an aromatic ring is 1. The zero-order valence-electron chi connectivity index (χ0n) is 8.98. The Balaban J connectivity index is 1.86. The van der Waals surface area contributed by atoms with E-state index in [1.807, 2.05) is 12.3 Å². The molecule has 0 radical (unpaired) electrons. The summed E-state index contributed by atoms with van der Waals surface area (Å²) in [5.41, 5.74) is 10.4. The van der Waals surface area contributed by atoms with Gasteiger partial charge < -0.3 is 15.6 Å². The van der Waals surface area contributed by atoms with Crippen molar-refractivity contribution in [1.82, 2.24) is 9.97 Å². The molecule has 16 heavy (non-hydrogen) atoms. The highest BCUT2D eigenvalue weighted by Crippen LogP contribution is 2.30. The Hall–Kier alpha value is -1.97. The van der Waals surface area contributed by atoms with Crippen molar-refractivity contribution in [3.8, 4) is 0 Å². The van der Waals surface area contributed by atoms with Crippen molar-refractivity contribution in [1.29, 1.82) is 0 Å². The van der Waals surface area contributed by atoms with Gasteiger partial charge in [0.2, 0.25) is 0 Å². The molecule has 0 bridgehead atoms. The van der Waals surface area contributed by atoms with Crippen molar-refractivity contribution in [2.75, 3.05) is 17.2 Å². The number of hydrogen-bond acceptors (Lipinski definition) is 3. The number of aromatic nitrogens is 2. The zero-order chi connectivity index (χ0) is 11.0.